The van der Waals surface area contributed by atoms with Gasteiger partial charge in [0.15, 0.2) is 0 Å². The van der Waals surface area contributed by atoms with Gasteiger partial charge in [0, 0.05) is 19.3 Å². The lowest BCUT2D eigenvalue weighted by molar-refractivity contribution is 0.185. The third kappa shape index (κ3) is 2.74. The second kappa shape index (κ2) is 4.47. The summed E-state index contributed by atoms with van der Waals surface area (Å²) in [6.07, 6.45) is 2.79. The smallest absolute Gasteiger partial charge is 0.0713 e. The molecule has 76 valence electrons. The van der Waals surface area contributed by atoms with E-state index in [0.717, 1.165) is 12.5 Å². The van der Waals surface area contributed by atoms with Crippen LogP contribution in [0.1, 0.15) is 18.4 Å². The molecule has 2 heteroatoms. The molecule has 1 aromatic carbocycles. The summed E-state index contributed by atoms with van der Waals surface area (Å²) in [5.41, 5.74) is 2.44. The van der Waals surface area contributed by atoms with E-state index < -0.39 is 0 Å². The highest BCUT2D eigenvalue weighted by atomic mass is 16.5. The number of nitrogens with one attached hydrogen (secondary N) is 1. The SMILES string of the molecule is COCc1cccc(NCC2CC2)c1. The number of methoxy groups -OCH3 is 1. The van der Waals surface area contributed by atoms with Crippen molar-refractivity contribution in [1.29, 1.82) is 0 Å². The number of ether oxygens (including phenoxy) is 1. The second-order valence-electron chi connectivity index (χ2n) is 3.96. The summed E-state index contributed by atoms with van der Waals surface area (Å²) in [6.45, 7) is 1.81. The van der Waals surface area contributed by atoms with Gasteiger partial charge in [0.2, 0.25) is 0 Å². The first-order valence-corrected chi connectivity index (χ1v) is 5.20. The number of rotatable bonds is 5. The van der Waals surface area contributed by atoms with E-state index in [0.29, 0.717) is 6.61 Å². The maximum absolute atomic E-state index is 5.09. The van der Waals surface area contributed by atoms with Gasteiger partial charge in [-0.3, -0.25) is 0 Å². The largest absolute Gasteiger partial charge is 0.385 e. The van der Waals surface area contributed by atoms with E-state index in [1.54, 1.807) is 7.11 Å². The summed E-state index contributed by atoms with van der Waals surface area (Å²) >= 11 is 0. The van der Waals surface area contributed by atoms with E-state index in [9.17, 15) is 0 Å². The molecule has 0 aliphatic heterocycles. The fourth-order valence-corrected chi connectivity index (χ4v) is 1.52. The lowest BCUT2D eigenvalue weighted by Gasteiger charge is -2.07. The topological polar surface area (TPSA) is 21.3 Å². The summed E-state index contributed by atoms with van der Waals surface area (Å²) in [7, 11) is 1.73. The minimum absolute atomic E-state index is 0.693. The van der Waals surface area contributed by atoms with Crippen LogP contribution in [0.5, 0.6) is 0 Å². The van der Waals surface area contributed by atoms with Gasteiger partial charge >= 0.3 is 0 Å². The molecule has 2 rings (SSSR count). The number of anilines is 1. The summed E-state index contributed by atoms with van der Waals surface area (Å²) in [5, 5.41) is 3.45. The minimum atomic E-state index is 0.693. The molecular weight excluding hydrogens is 174 g/mol. The van der Waals surface area contributed by atoms with Crippen molar-refractivity contribution in [3.63, 3.8) is 0 Å². The van der Waals surface area contributed by atoms with Crippen molar-refractivity contribution in [2.45, 2.75) is 19.4 Å². The Kier molecular flexibility index (Phi) is 3.04. The molecule has 1 aliphatic carbocycles. The van der Waals surface area contributed by atoms with Gasteiger partial charge in [-0.1, -0.05) is 12.1 Å². The Bertz CT molecular complexity index is 294. The van der Waals surface area contributed by atoms with Crippen molar-refractivity contribution in [3.05, 3.63) is 29.8 Å². The average molecular weight is 191 g/mol. The van der Waals surface area contributed by atoms with Crippen LogP contribution in [0.15, 0.2) is 24.3 Å². The van der Waals surface area contributed by atoms with Crippen molar-refractivity contribution in [3.8, 4) is 0 Å². The molecule has 0 bridgehead atoms. The molecule has 0 heterocycles. The van der Waals surface area contributed by atoms with Gasteiger partial charge < -0.3 is 10.1 Å². The van der Waals surface area contributed by atoms with Gasteiger partial charge in [-0.2, -0.15) is 0 Å². The zero-order chi connectivity index (χ0) is 9.80. The minimum Gasteiger partial charge on any atom is -0.385 e. The maximum Gasteiger partial charge on any atom is 0.0713 e. The molecule has 2 nitrogen and oxygen atoms in total. The van der Waals surface area contributed by atoms with E-state index in [2.05, 4.69) is 29.6 Å². The van der Waals surface area contributed by atoms with E-state index >= 15 is 0 Å². The number of benzene rings is 1. The quantitative estimate of drug-likeness (QED) is 0.772. The Morgan fingerprint density at radius 3 is 3.00 bits per heavy atom. The van der Waals surface area contributed by atoms with Crippen LogP contribution in [-0.2, 0) is 11.3 Å². The molecule has 0 atom stereocenters. The van der Waals surface area contributed by atoms with Crippen molar-refractivity contribution in [2.24, 2.45) is 5.92 Å². The molecule has 14 heavy (non-hydrogen) atoms. The monoisotopic (exact) mass is 191 g/mol. The van der Waals surface area contributed by atoms with Gasteiger partial charge in [0.25, 0.3) is 0 Å². The molecule has 0 radical (unpaired) electrons. The van der Waals surface area contributed by atoms with Gasteiger partial charge in [-0.15, -0.1) is 0 Å². The molecule has 0 unspecified atom stereocenters. The van der Waals surface area contributed by atoms with Crippen molar-refractivity contribution < 1.29 is 4.74 Å². The Hall–Kier alpha value is -1.02. The zero-order valence-corrected chi connectivity index (χ0v) is 8.62. The molecule has 1 aromatic rings. The highest BCUT2D eigenvalue weighted by molar-refractivity contribution is 5.45. The van der Waals surface area contributed by atoms with Crippen LogP contribution < -0.4 is 5.32 Å². The first-order valence-electron chi connectivity index (χ1n) is 5.20. The fraction of sp³-hybridized carbons (Fsp3) is 0.500. The van der Waals surface area contributed by atoms with E-state index in [1.165, 1.54) is 24.1 Å². The molecule has 0 amide bonds. The van der Waals surface area contributed by atoms with Gasteiger partial charge in [0.1, 0.15) is 0 Å². The predicted octanol–water partition coefficient (Wildman–Crippen LogP) is 2.65. The molecule has 0 aromatic heterocycles. The Labute approximate surface area is 85.3 Å². The zero-order valence-electron chi connectivity index (χ0n) is 8.62. The second-order valence-corrected chi connectivity index (χ2v) is 3.96. The first kappa shape index (κ1) is 9.53. The lowest BCUT2D eigenvalue weighted by atomic mass is 10.2. The molecule has 1 saturated carbocycles. The summed E-state index contributed by atoms with van der Waals surface area (Å²) in [6, 6.07) is 8.43. The third-order valence-corrected chi connectivity index (χ3v) is 2.53. The van der Waals surface area contributed by atoms with Crippen LogP contribution in [0.4, 0.5) is 5.69 Å². The third-order valence-electron chi connectivity index (χ3n) is 2.53. The van der Waals surface area contributed by atoms with Crippen LogP contribution in [0.2, 0.25) is 0 Å². The fourth-order valence-electron chi connectivity index (χ4n) is 1.52. The Morgan fingerprint density at radius 1 is 1.43 bits per heavy atom. The predicted molar refractivity (Wildman–Crippen MR) is 58.4 cm³/mol. The normalized spacial score (nSPS) is 15.5. The van der Waals surface area contributed by atoms with Gasteiger partial charge in [-0.05, 0) is 36.5 Å². The molecule has 0 saturated heterocycles. The molecule has 1 aliphatic rings. The molecule has 1 fully saturated rings. The van der Waals surface area contributed by atoms with E-state index in [-0.39, 0.29) is 0 Å². The highest BCUT2D eigenvalue weighted by Gasteiger charge is 2.20. The molecule has 0 spiro atoms. The van der Waals surface area contributed by atoms with Crippen LogP contribution in [0.3, 0.4) is 0 Å². The maximum atomic E-state index is 5.09. The molecular formula is C12H17NO. The number of hydrogen-bond acceptors (Lipinski definition) is 2. The van der Waals surface area contributed by atoms with Gasteiger partial charge in [-0.25, -0.2) is 0 Å². The van der Waals surface area contributed by atoms with Crippen LogP contribution >= 0.6 is 0 Å². The van der Waals surface area contributed by atoms with Crippen molar-refractivity contribution >= 4 is 5.69 Å². The van der Waals surface area contributed by atoms with Gasteiger partial charge in [0.05, 0.1) is 6.61 Å². The van der Waals surface area contributed by atoms with Crippen molar-refractivity contribution in [1.82, 2.24) is 0 Å². The highest BCUT2D eigenvalue weighted by Crippen LogP contribution is 2.28. The van der Waals surface area contributed by atoms with Crippen molar-refractivity contribution in [2.75, 3.05) is 19.0 Å². The van der Waals surface area contributed by atoms with Crippen LogP contribution in [0.25, 0.3) is 0 Å². The van der Waals surface area contributed by atoms with E-state index in [4.69, 9.17) is 4.74 Å². The standard InChI is InChI=1S/C12H17NO/c1-14-9-11-3-2-4-12(7-11)13-8-10-5-6-10/h2-4,7,10,13H,5-6,8-9H2,1H3. The average Bonchev–Trinajstić information content (AvgIpc) is 2.99. The molecule has 1 N–H and O–H groups in total. The van der Waals surface area contributed by atoms with Crippen LogP contribution in [0, 0.1) is 5.92 Å². The van der Waals surface area contributed by atoms with Crippen LogP contribution in [-0.4, -0.2) is 13.7 Å². The first-order chi connectivity index (χ1) is 6.88. The number of hydrogen-bond donors (Lipinski definition) is 1. The van der Waals surface area contributed by atoms with E-state index in [1.807, 2.05) is 0 Å². The summed E-state index contributed by atoms with van der Waals surface area (Å²) < 4.78 is 5.09. The Balaban J connectivity index is 1.90. The summed E-state index contributed by atoms with van der Waals surface area (Å²) in [5.74, 6) is 0.918. The summed E-state index contributed by atoms with van der Waals surface area (Å²) in [4.78, 5) is 0. The Morgan fingerprint density at radius 2 is 2.29 bits per heavy atom. The lowest BCUT2D eigenvalue weighted by Crippen LogP contribution is -2.03.